The zero-order chi connectivity index (χ0) is 21.1. The highest BCUT2D eigenvalue weighted by Crippen LogP contribution is 2.22. The molecule has 0 spiro atoms. The van der Waals surface area contributed by atoms with Crippen LogP contribution in [0.3, 0.4) is 0 Å². The van der Waals surface area contributed by atoms with Crippen molar-refractivity contribution in [2.45, 2.75) is 38.0 Å². The predicted octanol–water partition coefficient (Wildman–Crippen LogP) is 1.47. The topological polar surface area (TPSA) is 103 Å². The minimum absolute atomic E-state index is 0.247. The number of amidine groups is 1. The third-order valence-corrected chi connectivity index (χ3v) is 5.57. The fourth-order valence-electron chi connectivity index (χ4n) is 3.89. The summed E-state index contributed by atoms with van der Waals surface area (Å²) in [7, 11) is 0. The number of benzene rings is 2. The number of aliphatic hydroxyl groups is 1. The molecule has 2 aromatic carbocycles. The molecule has 0 saturated carbocycles. The molecule has 7 heteroatoms. The van der Waals surface area contributed by atoms with Crippen LogP contribution in [0.2, 0.25) is 0 Å². The smallest absolute Gasteiger partial charge is 0.239 e. The number of rotatable bonds is 6. The maximum atomic E-state index is 12.7. The van der Waals surface area contributed by atoms with Gasteiger partial charge in [-0.1, -0.05) is 30.3 Å². The Kier molecular flexibility index (Phi) is 5.81. The highest BCUT2D eigenvalue weighted by molar-refractivity contribution is 6.08. The summed E-state index contributed by atoms with van der Waals surface area (Å²) < 4.78 is 0. The molecule has 7 nitrogen and oxygen atoms in total. The minimum Gasteiger partial charge on any atom is -0.390 e. The molecule has 2 amide bonds. The zero-order valence-electron chi connectivity index (χ0n) is 16.8. The summed E-state index contributed by atoms with van der Waals surface area (Å²) in [6.45, 7) is 2.85. The first-order valence-electron chi connectivity index (χ1n) is 10.3. The van der Waals surface area contributed by atoms with Crippen LogP contribution in [0.1, 0.15) is 24.5 Å². The van der Waals surface area contributed by atoms with Gasteiger partial charge in [0.15, 0.2) is 0 Å². The van der Waals surface area contributed by atoms with Crippen LogP contribution >= 0.6 is 0 Å². The molecule has 0 aliphatic carbocycles. The van der Waals surface area contributed by atoms with Crippen molar-refractivity contribution in [1.82, 2.24) is 10.6 Å². The van der Waals surface area contributed by atoms with E-state index in [0.29, 0.717) is 12.1 Å². The van der Waals surface area contributed by atoms with Crippen LogP contribution in [0.4, 0.5) is 5.69 Å². The molecule has 2 aliphatic heterocycles. The second-order valence-corrected chi connectivity index (χ2v) is 7.88. The van der Waals surface area contributed by atoms with Crippen LogP contribution in [0.5, 0.6) is 0 Å². The highest BCUT2D eigenvalue weighted by atomic mass is 16.3. The van der Waals surface area contributed by atoms with Gasteiger partial charge in [0, 0.05) is 17.8 Å². The molecule has 2 heterocycles. The lowest BCUT2D eigenvalue weighted by atomic mass is 9.96. The van der Waals surface area contributed by atoms with Crippen LogP contribution in [-0.4, -0.2) is 47.5 Å². The molecule has 0 bridgehead atoms. The molecule has 156 valence electrons. The Morgan fingerprint density at radius 1 is 1.17 bits per heavy atom. The zero-order valence-corrected chi connectivity index (χ0v) is 16.8. The number of anilines is 1. The number of aryl methyl sites for hydroxylation is 1. The fraction of sp³-hybridized carbons (Fsp3) is 0.348. The molecule has 1 saturated heterocycles. The summed E-state index contributed by atoms with van der Waals surface area (Å²) in [6, 6.07) is 16.9. The molecule has 2 aliphatic rings. The van der Waals surface area contributed by atoms with Gasteiger partial charge in [-0.3, -0.25) is 14.6 Å². The number of aliphatic imine (C=N–C) groups is 1. The molecule has 30 heavy (non-hydrogen) atoms. The van der Waals surface area contributed by atoms with E-state index in [9.17, 15) is 14.7 Å². The maximum Gasteiger partial charge on any atom is 0.239 e. The summed E-state index contributed by atoms with van der Waals surface area (Å²) in [4.78, 5) is 29.5. The molecule has 0 radical (unpaired) electrons. The molecule has 2 aromatic rings. The van der Waals surface area contributed by atoms with E-state index < -0.39 is 29.9 Å². The number of aliphatic hydroxyl groups excluding tert-OH is 1. The number of nitrogens with one attached hydrogen (secondary N) is 3. The molecule has 4 atom stereocenters. The number of nitrogens with zero attached hydrogens (tertiary/aromatic N) is 1. The Hall–Kier alpha value is -3.19. The summed E-state index contributed by atoms with van der Waals surface area (Å²) in [5.74, 6) is -1.22. The van der Waals surface area contributed by atoms with Gasteiger partial charge >= 0.3 is 0 Å². The van der Waals surface area contributed by atoms with Crippen molar-refractivity contribution in [3.8, 4) is 0 Å². The first-order valence-corrected chi connectivity index (χ1v) is 10.3. The van der Waals surface area contributed by atoms with Crippen molar-refractivity contribution < 1.29 is 14.7 Å². The van der Waals surface area contributed by atoms with Crippen LogP contribution in [0, 0.1) is 5.92 Å². The van der Waals surface area contributed by atoms with E-state index in [1.807, 2.05) is 49.4 Å². The van der Waals surface area contributed by atoms with Crippen molar-refractivity contribution in [2.24, 2.45) is 10.9 Å². The van der Waals surface area contributed by atoms with Gasteiger partial charge < -0.3 is 21.1 Å². The highest BCUT2D eigenvalue weighted by Gasteiger charge is 2.45. The second kappa shape index (κ2) is 8.67. The number of amides is 2. The van der Waals surface area contributed by atoms with Crippen LogP contribution in [-0.2, 0) is 16.0 Å². The van der Waals surface area contributed by atoms with Crippen LogP contribution in [0.15, 0.2) is 59.6 Å². The number of hydrogen-bond donors (Lipinski definition) is 4. The fourth-order valence-corrected chi connectivity index (χ4v) is 3.89. The van der Waals surface area contributed by atoms with E-state index in [-0.39, 0.29) is 6.04 Å². The van der Waals surface area contributed by atoms with E-state index in [4.69, 9.17) is 0 Å². The van der Waals surface area contributed by atoms with E-state index in [1.165, 1.54) is 0 Å². The van der Waals surface area contributed by atoms with Gasteiger partial charge in [-0.05, 0) is 49.6 Å². The molecule has 0 aromatic heterocycles. The first-order chi connectivity index (χ1) is 14.5. The third-order valence-electron chi connectivity index (χ3n) is 5.57. The van der Waals surface area contributed by atoms with E-state index in [1.54, 1.807) is 12.1 Å². The van der Waals surface area contributed by atoms with Crippen LogP contribution < -0.4 is 16.0 Å². The average molecular weight is 406 g/mol. The molecular weight excluding hydrogens is 380 g/mol. The Labute approximate surface area is 175 Å². The normalized spacial score (nSPS) is 25.4. The Balaban J connectivity index is 1.36. The summed E-state index contributed by atoms with van der Waals surface area (Å²) in [6.07, 6.45) is 0.233. The summed E-state index contributed by atoms with van der Waals surface area (Å²) >= 11 is 0. The Bertz CT molecular complexity index is 943. The van der Waals surface area contributed by atoms with Crippen molar-refractivity contribution in [1.29, 1.82) is 0 Å². The maximum absolute atomic E-state index is 12.7. The van der Waals surface area contributed by atoms with E-state index in [0.717, 1.165) is 29.9 Å². The first kappa shape index (κ1) is 20.1. The van der Waals surface area contributed by atoms with Gasteiger partial charge in [0.05, 0.1) is 18.2 Å². The molecule has 4 rings (SSSR count). The number of carbonyl (C=O) groups excluding carboxylic acids is 2. The van der Waals surface area contributed by atoms with Gasteiger partial charge in [0.25, 0.3) is 0 Å². The number of hydrogen-bond acceptors (Lipinski definition) is 5. The molecular formula is C23H26N4O3. The van der Waals surface area contributed by atoms with Crippen LogP contribution in [0.25, 0.3) is 0 Å². The van der Waals surface area contributed by atoms with Gasteiger partial charge in [0.2, 0.25) is 11.8 Å². The van der Waals surface area contributed by atoms with Crippen molar-refractivity contribution in [3.63, 3.8) is 0 Å². The quantitative estimate of drug-likeness (QED) is 0.546. The minimum atomic E-state index is -1.12. The van der Waals surface area contributed by atoms with Crippen molar-refractivity contribution >= 4 is 23.3 Å². The van der Waals surface area contributed by atoms with Gasteiger partial charge in [-0.2, -0.15) is 0 Å². The summed E-state index contributed by atoms with van der Waals surface area (Å²) in [5, 5.41) is 19.3. The lowest BCUT2D eigenvalue weighted by Crippen LogP contribution is -2.36. The third kappa shape index (κ3) is 4.36. The molecule has 4 unspecified atom stereocenters. The second-order valence-electron chi connectivity index (χ2n) is 7.88. The van der Waals surface area contributed by atoms with Gasteiger partial charge in [-0.15, -0.1) is 0 Å². The van der Waals surface area contributed by atoms with Crippen molar-refractivity contribution in [3.05, 3.63) is 65.7 Å². The van der Waals surface area contributed by atoms with Crippen molar-refractivity contribution in [2.75, 3.05) is 11.9 Å². The Morgan fingerprint density at radius 2 is 1.90 bits per heavy atom. The monoisotopic (exact) mass is 406 g/mol. The Morgan fingerprint density at radius 3 is 2.57 bits per heavy atom. The van der Waals surface area contributed by atoms with Gasteiger partial charge in [-0.25, -0.2) is 0 Å². The molecule has 1 fully saturated rings. The predicted molar refractivity (Wildman–Crippen MR) is 115 cm³/mol. The van der Waals surface area contributed by atoms with Gasteiger partial charge in [0.1, 0.15) is 11.8 Å². The lowest BCUT2D eigenvalue weighted by Gasteiger charge is -2.17. The largest absolute Gasteiger partial charge is 0.390 e. The van der Waals surface area contributed by atoms with E-state index in [2.05, 4.69) is 20.9 Å². The lowest BCUT2D eigenvalue weighted by molar-refractivity contribution is -0.132. The molecule has 4 N–H and O–H groups in total. The van der Waals surface area contributed by atoms with E-state index >= 15 is 0 Å². The number of carbonyl (C=O) groups is 2. The summed E-state index contributed by atoms with van der Waals surface area (Å²) in [5.41, 5.74) is 2.64. The SMILES string of the molecule is CC1CNC(c2ccc(NC(=O)C3C(=O)NC(CCc4ccccc4)C3O)cc2)=N1. The average Bonchev–Trinajstić information content (AvgIpc) is 3.30. The standard InChI is InChI=1S/C23H26N4O3/c1-14-13-24-21(25-14)16-8-10-17(11-9-16)26-22(29)19-20(28)18(27-23(19)30)12-7-15-5-3-2-4-6-15/h2-6,8-11,14,18-20,28H,7,12-13H2,1H3,(H,24,25)(H,26,29)(H,27,30).